The van der Waals surface area contributed by atoms with Crippen molar-refractivity contribution in [1.29, 1.82) is 0 Å². The number of hydrogen-bond acceptors (Lipinski definition) is 5. The molecule has 0 saturated carbocycles. The van der Waals surface area contributed by atoms with Crippen LogP contribution in [0, 0.1) is 0 Å². The van der Waals surface area contributed by atoms with E-state index in [0.29, 0.717) is 24.7 Å². The van der Waals surface area contributed by atoms with E-state index in [2.05, 4.69) is 5.32 Å². The van der Waals surface area contributed by atoms with Crippen LogP contribution in [0.25, 0.3) is 0 Å². The first kappa shape index (κ1) is 15.8. The predicted molar refractivity (Wildman–Crippen MR) is 86.8 cm³/mol. The number of fused-ring (bicyclic) bond motifs is 1. The maximum atomic E-state index is 12.7. The van der Waals surface area contributed by atoms with E-state index in [1.54, 1.807) is 42.5 Å². The summed E-state index contributed by atoms with van der Waals surface area (Å²) in [5.74, 6) is 1.01. The first-order valence-corrected chi connectivity index (χ1v) is 8.84. The molecule has 2 aromatic rings. The molecule has 1 aliphatic rings. The lowest BCUT2D eigenvalue weighted by molar-refractivity contribution is 0.00799. The van der Waals surface area contributed by atoms with Gasteiger partial charge in [0.05, 0.1) is 9.79 Å². The Labute approximate surface area is 136 Å². The van der Waals surface area contributed by atoms with E-state index < -0.39 is 15.4 Å². The summed E-state index contributed by atoms with van der Waals surface area (Å²) < 4.78 is 37.1. The molecule has 0 bridgehead atoms. The number of benzene rings is 2. The SMILES string of the molecule is CNCC1(C)COc2ccc(S(=O)(=O)c3ccccc3)cc2O1. The number of likely N-dealkylation sites (N-methyl/N-ethyl adjacent to an activating group) is 1. The molecule has 0 aliphatic carbocycles. The van der Waals surface area contributed by atoms with Gasteiger partial charge in [0.1, 0.15) is 6.61 Å². The Bertz CT molecular complexity index is 805. The molecule has 1 aliphatic heterocycles. The van der Waals surface area contributed by atoms with E-state index in [0.717, 1.165) is 0 Å². The van der Waals surface area contributed by atoms with Crippen molar-refractivity contribution in [2.45, 2.75) is 22.3 Å². The van der Waals surface area contributed by atoms with Gasteiger partial charge in [0, 0.05) is 12.6 Å². The normalized spacial score (nSPS) is 20.3. The zero-order chi connectivity index (χ0) is 16.5. The van der Waals surface area contributed by atoms with Crippen LogP contribution in [-0.2, 0) is 9.84 Å². The lowest BCUT2D eigenvalue weighted by Gasteiger charge is -2.35. The molecular weight excluding hydrogens is 314 g/mol. The first-order valence-electron chi connectivity index (χ1n) is 7.35. The Morgan fingerprint density at radius 3 is 2.52 bits per heavy atom. The summed E-state index contributed by atoms with van der Waals surface area (Å²) in [7, 11) is -1.74. The van der Waals surface area contributed by atoms with Crippen molar-refractivity contribution < 1.29 is 17.9 Å². The summed E-state index contributed by atoms with van der Waals surface area (Å²) in [6.45, 7) is 2.93. The van der Waals surface area contributed by atoms with Gasteiger partial charge in [-0.3, -0.25) is 0 Å². The minimum absolute atomic E-state index is 0.194. The molecular formula is C17H19NO4S. The minimum atomic E-state index is -3.57. The Kier molecular flexibility index (Phi) is 4.04. The van der Waals surface area contributed by atoms with Crippen molar-refractivity contribution in [2.75, 3.05) is 20.2 Å². The molecule has 1 atom stereocenters. The van der Waals surface area contributed by atoms with E-state index in [1.165, 1.54) is 6.07 Å². The molecule has 0 spiro atoms. The smallest absolute Gasteiger partial charge is 0.206 e. The highest BCUT2D eigenvalue weighted by Gasteiger charge is 2.33. The Morgan fingerprint density at radius 2 is 1.83 bits per heavy atom. The molecule has 0 aromatic heterocycles. The largest absolute Gasteiger partial charge is 0.485 e. The maximum absolute atomic E-state index is 12.7. The number of hydrogen-bond donors (Lipinski definition) is 1. The maximum Gasteiger partial charge on any atom is 0.206 e. The first-order chi connectivity index (χ1) is 10.9. The molecule has 0 amide bonds. The molecule has 0 fully saturated rings. The Morgan fingerprint density at radius 1 is 1.09 bits per heavy atom. The fourth-order valence-corrected chi connectivity index (χ4v) is 3.87. The van der Waals surface area contributed by atoms with Crippen LogP contribution in [0.5, 0.6) is 11.5 Å². The monoisotopic (exact) mass is 333 g/mol. The second-order valence-corrected chi connectivity index (χ2v) is 7.75. The van der Waals surface area contributed by atoms with E-state index in [4.69, 9.17) is 9.47 Å². The fraction of sp³-hybridized carbons (Fsp3) is 0.294. The molecule has 122 valence electrons. The van der Waals surface area contributed by atoms with Crippen LogP contribution in [-0.4, -0.2) is 34.2 Å². The quantitative estimate of drug-likeness (QED) is 0.930. The summed E-state index contributed by atoms with van der Waals surface area (Å²) in [6.07, 6.45) is 0. The van der Waals surface area contributed by atoms with Gasteiger partial charge < -0.3 is 14.8 Å². The van der Waals surface area contributed by atoms with E-state index >= 15 is 0 Å². The fourth-order valence-electron chi connectivity index (χ4n) is 2.58. The molecule has 1 unspecified atom stereocenters. The van der Waals surface area contributed by atoms with Crippen molar-refractivity contribution in [3.8, 4) is 11.5 Å². The Hall–Kier alpha value is -2.05. The van der Waals surface area contributed by atoms with Crippen LogP contribution < -0.4 is 14.8 Å². The van der Waals surface area contributed by atoms with Gasteiger partial charge in [0.2, 0.25) is 9.84 Å². The zero-order valence-electron chi connectivity index (χ0n) is 13.1. The summed E-state index contributed by atoms with van der Waals surface area (Å²) in [4.78, 5) is 0.453. The van der Waals surface area contributed by atoms with Crippen molar-refractivity contribution >= 4 is 9.84 Å². The molecule has 6 heteroatoms. The van der Waals surface area contributed by atoms with Gasteiger partial charge in [-0.1, -0.05) is 18.2 Å². The molecule has 5 nitrogen and oxygen atoms in total. The van der Waals surface area contributed by atoms with E-state index in [1.807, 2.05) is 14.0 Å². The van der Waals surface area contributed by atoms with Gasteiger partial charge >= 0.3 is 0 Å². The summed E-state index contributed by atoms with van der Waals surface area (Å²) in [6, 6.07) is 13.1. The number of nitrogens with one attached hydrogen (secondary N) is 1. The molecule has 23 heavy (non-hydrogen) atoms. The standard InChI is InChI=1S/C17H19NO4S/c1-17(11-18-2)12-21-15-9-8-14(10-16(15)22-17)23(19,20)13-6-4-3-5-7-13/h3-10,18H,11-12H2,1-2H3. The highest BCUT2D eigenvalue weighted by molar-refractivity contribution is 7.91. The van der Waals surface area contributed by atoms with Gasteiger partial charge in [-0.2, -0.15) is 0 Å². The van der Waals surface area contributed by atoms with Gasteiger partial charge in [0.25, 0.3) is 0 Å². The van der Waals surface area contributed by atoms with Crippen LogP contribution in [0.1, 0.15) is 6.92 Å². The second-order valence-electron chi connectivity index (χ2n) is 5.80. The average molecular weight is 333 g/mol. The summed E-state index contributed by atoms with van der Waals surface area (Å²) in [5.41, 5.74) is -0.531. The van der Waals surface area contributed by atoms with Gasteiger partial charge in [-0.05, 0) is 38.2 Å². The molecule has 2 aromatic carbocycles. The van der Waals surface area contributed by atoms with Crippen LogP contribution in [0.15, 0.2) is 58.3 Å². The minimum Gasteiger partial charge on any atom is -0.485 e. The predicted octanol–water partition coefficient (Wildman–Crippen LogP) is 2.27. The summed E-state index contributed by atoms with van der Waals surface area (Å²) in [5, 5.41) is 3.06. The number of sulfone groups is 1. The third kappa shape index (κ3) is 3.04. The lowest BCUT2D eigenvalue weighted by Crippen LogP contribution is -2.49. The molecule has 1 N–H and O–H groups in total. The third-order valence-electron chi connectivity index (χ3n) is 3.72. The van der Waals surface area contributed by atoms with Crippen molar-refractivity contribution in [3.05, 3.63) is 48.5 Å². The van der Waals surface area contributed by atoms with E-state index in [9.17, 15) is 8.42 Å². The van der Waals surface area contributed by atoms with Crippen molar-refractivity contribution in [2.24, 2.45) is 0 Å². The highest BCUT2D eigenvalue weighted by atomic mass is 32.2. The van der Waals surface area contributed by atoms with Gasteiger partial charge in [0.15, 0.2) is 17.1 Å². The highest BCUT2D eigenvalue weighted by Crippen LogP contribution is 2.37. The van der Waals surface area contributed by atoms with Crippen LogP contribution in [0.3, 0.4) is 0 Å². The van der Waals surface area contributed by atoms with Gasteiger partial charge in [-0.25, -0.2) is 8.42 Å². The van der Waals surface area contributed by atoms with Crippen molar-refractivity contribution in [3.63, 3.8) is 0 Å². The van der Waals surface area contributed by atoms with Crippen LogP contribution in [0.4, 0.5) is 0 Å². The van der Waals surface area contributed by atoms with Gasteiger partial charge in [-0.15, -0.1) is 0 Å². The zero-order valence-corrected chi connectivity index (χ0v) is 13.9. The third-order valence-corrected chi connectivity index (χ3v) is 5.49. The second kappa shape index (κ2) is 5.86. The average Bonchev–Trinajstić information content (AvgIpc) is 2.55. The number of ether oxygens (including phenoxy) is 2. The summed E-state index contributed by atoms with van der Waals surface area (Å²) >= 11 is 0. The van der Waals surface area contributed by atoms with Crippen LogP contribution >= 0.6 is 0 Å². The molecule has 1 heterocycles. The Balaban J connectivity index is 1.99. The van der Waals surface area contributed by atoms with Crippen LogP contribution in [0.2, 0.25) is 0 Å². The van der Waals surface area contributed by atoms with Crippen molar-refractivity contribution in [1.82, 2.24) is 5.32 Å². The molecule has 3 rings (SSSR count). The molecule has 0 radical (unpaired) electrons. The topological polar surface area (TPSA) is 64.6 Å². The van der Waals surface area contributed by atoms with E-state index in [-0.39, 0.29) is 9.79 Å². The number of rotatable bonds is 4. The molecule has 0 saturated heterocycles. The lowest BCUT2D eigenvalue weighted by atomic mass is 10.1.